The van der Waals surface area contributed by atoms with Crippen LogP contribution < -0.4 is 20.7 Å². The van der Waals surface area contributed by atoms with Gasteiger partial charge >= 0.3 is 0 Å². The highest BCUT2D eigenvalue weighted by atomic mass is 19.1. The maximum Gasteiger partial charge on any atom is 0.242 e. The van der Waals surface area contributed by atoms with E-state index in [1.54, 1.807) is 50.2 Å². The summed E-state index contributed by atoms with van der Waals surface area (Å²) < 4.78 is 37.5. The van der Waals surface area contributed by atoms with Crippen LogP contribution >= 0.6 is 0 Å². The molecule has 9 heteroatoms. The van der Waals surface area contributed by atoms with Gasteiger partial charge in [-0.1, -0.05) is 39.0 Å². The van der Waals surface area contributed by atoms with E-state index in [9.17, 15) is 14.9 Å². The van der Waals surface area contributed by atoms with Crippen LogP contribution in [0.5, 0.6) is 5.75 Å². The predicted octanol–water partition coefficient (Wildman–Crippen LogP) is 5.85. The first-order valence-electron chi connectivity index (χ1n) is 13.8. The van der Waals surface area contributed by atoms with E-state index in [2.05, 4.69) is 16.0 Å². The van der Waals surface area contributed by atoms with E-state index in [1.807, 2.05) is 26.8 Å². The summed E-state index contributed by atoms with van der Waals surface area (Å²) in [5.41, 5.74) is 0.256. The minimum atomic E-state index is -1.63. The smallest absolute Gasteiger partial charge is 0.242 e. The van der Waals surface area contributed by atoms with Gasteiger partial charge in [-0.05, 0) is 66.6 Å². The first-order valence-corrected chi connectivity index (χ1v) is 13.8. The zero-order valence-corrected chi connectivity index (χ0v) is 24.5. The Balaban J connectivity index is 1.74. The molecule has 2 amide bonds. The van der Waals surface area contributed by atoms with E-state index < -0.39 is 46.9 Å². The van der Waals surface area contributed by atoms with Gasteiger partial charge in [0.1, 0.15) is 22.8 Å². The van der Waals surface area contributed by atoms with E-state index in [-0.39, 0.29) is 22.3 Å². The van der Waals surface area contributed by atoms with Crippen LogP contribution in [0, 0.1) is 42.2 Å². The van der Waals surface area contributed by atoms with Gasteiger partial charge in [0.05, 0.1) is 30.5 Å². The average molecular weight is 573 g/mol. The third-order valence-corrected chi connectivity index (χ3v) is 8.27. The molecule has 4 atom stereocenters. The van der Waals surface area contributed by atoms with Crippen LogP contribution in [0.4, 0.5) is 20.2 Å². The molecule has 7 nitrogen and oxygen atoms in total. The van der Waals surface area contributed by atoms with Crippen LogP contribution in [0.25, 0.3) is 0 Å². The number of fused-ring (bicyclic) bond motifs is 2. The number of anilines is 2. The minimum Gasteiger partial charge on any atom is -0.495 e. The maximum absolute atomic E-state index is 16.1. The van der Waals surface area contributed by atoms with Crippen molar-refractivity contribution in [2.45, 2.75) is 64.5 Å². The standard InChI is InChI=1S/C33H34F2N4O3/c1-17-12-21(34)27-23(13-17)38-31(41)33(27)25(15-32(3,4)5)39-29(26(33)20-9-7-8-18(2)28(20)35)30(40)37-22-11-10-19(16-36)14-24(22)42-6/h7-14,25-26,29,39H,15H2,1-6H3,(H,37,40)(H,38,41)/t25?,26?,29-,33-/m1/s1. The first kappa shape index (κ1) is 29.2. The van der Waals surface area contributed by atoms with E-state index >= 15 is 8.78 Å². The molecule has 1 fully saturated rings. The molecule has 2 aliphatic heterocycles. The highest BCUT2D eigenvalue weighted by Gasteiger charge is 2.67. The van der Waals surface area contributed by atoms with Crippen LogP contribution in [0.3, 0.4) is 0 Å². The molecule has 2 aliphatic rings. The summed E-state index contributed by atoms with van der Waals surface area (Å²) >= 11 is 0. The van der Waals surface area contributed by atoms with Gasteiger partial charge in [-0.2, -0.15) is 5.26 Å². The molecule has 1 spiro atoms. The number of halogens is 2. The van der Waals surface area contributed by atoms with Gasteiger partial charge in [0.2, 0.25) is 11.8 Å². The fourth-order valence-electron chi connectivity index (χ4n) is 6.62. The Hall–Kier alpha value is -4.29. The zero-order valence-electron chi connectivity index (χ0n) is 24.5. The normalized spacial score (nSPS) is 22.9. The number of carbonyl (C=O) groups excluding carboxylic acids is 2. The molecule has 0 bridgehead atoms. The number of benzene rings is 3. The molecule has 2 unspecified atom stereocenters. The summed E-state index contributed by atoms with van der Waals surface area (Å²) in [5.74, 6) is -3.01. The Bertz CT molecular complexity index is 1640. The molecule has 2 heterocycles. The highest BCUT2D eigenvalue weighted by molar-refractivity contribution is 6.10. The third kappa shape index (κ3) is 4.70. The molecule has 5 rings (SSSR count). The Labute approximate surface area is 244 Å². The van der Waals surface area contributed by atoms with Gasteiger partial charge < -0.3 is 20.7 Å². The number of amides is 2. The van der Waals surface area contributed by atoms with Crippen LogP contribution in [0.2, 0.25) is 0 Å². The van der Waals surface area contributed by atoms with Crippen molar-refractivity contribution >= 4 is 23.2 Å². The largest absolute Gasteiger partial charge is 0.495 e. The summed E-state index contributed by atoms with van der Waals surface area (Å²) in [7, 11) is 1.42. The van der Waals surface area contributed by atoms with Crippen molar-refractivity contribution in [1.29, 1.82) is 5.26 Å². The number of hydrogen-bond donors (Lipinski definition) is 3. The van der Waals surface area contributed by atoms with E-state index in [4.69, 9.17) is 4.74 Å². The second-order valence-electron chi connectivity index (χ2n) is 12.4. The Kier molecular flexibility index (Phi) is 7.32. The minimum absolute atomic E-state index is 0.136. The van der Waals surface area contributed by atoms with Crippen molar-refractivity contribution < 1.29 is 23.1 Å². The highest BCUT2D eigenvalue weighted by Crippen LogP contribution is 2.57. The molecule has 0 aromatic heterocycles. The lowest BCUT2D eigenvalue weighted by Gasteiger charge is -2.38. The summed E-state index contributed by atoms with van der Waals surface area (Å²) in [6.07, 6.45) is 0.390. The monoisotopic (exact) mass is 572 g/mol. The maximum atomic E-state index is 16.1. The van der Waals surface area contributed by atoms with Gasteiger partial charge in [-0.3, -0.25) is 9.59 Å². The van der Waals surface area contributed by atoms with E-state index in [0.717, 1.165) is 0 Å². The lowest BCUT2D eigenvalue weighted by molar-refractivity contribution is -0.122. The van der Waals surface area contributed by atoms with Crippen molar-refractivity contribution in [2.24, 2.45) is 5.41 Å². The Morgan fingerprint density at radius 3 is 2.55 bits per heavy atom. The van der Waals surface area contributed by atoms with Gasteiger partial charge in [0.25, 0.3) is 0 Å². The number of ether oxygens (including phenoxy) is 1. The van der Waals surface area contributed by atoms with Gasteiger partial charge in [0, 0.05) is 29.3 Å². The predicted molar refractivity (Wildman–Crippen MR) is 156 cm³/mol. The summed E-state index contributed by atoms with van der Waals surface area (Å²) in [6, 6.07) is 12.7. The van der Waals surface area contributed by atoms with Gasteiger partial charge in [0.15, 0.2) is 0 Å². The third-order valence-electron chi connectivity index (χ3n) is 8.27. The van der Waals surface area contributed by atoms with E-state index in [1.165, 1.54) is 19.2 Å². The molecule has 0 aliphatic carbocycles. The number of methoxy groups -OCH3 is 1. The van der Waals surface area contributed by atoms with Crippen LogP contribution in [-0.2, 0) is 15.0 Å². The van der Waals surface area contributed by atoms with Crippen molar-refractivity contribution in [3.8, 4) is 11.8 Å². The van der Waals surface area contributed by atoms with Crippen molar-refractivity contribution in [3.63, 3.8) is 0 Å². The van der Waals surface area contributed by atoms with Crippen LogP contribution in [0.1, 0.15) is 60.9 Å². The topological polar surface area (TPSA) is 103 Å². The summed E-state index contributed by atoms with van der Waals surface area (Å²) in [4.78, 5) is 28.5. The van der Waals surface area contributed by atoms with Gasteiger partial charge in [-0.15, -0.1) is 0 Å². The number of rotatable bonds is 5. The molecule has 3 aromatic rings. The molecule has 42 heavy (non-hydrogen) atoms. The Morgan fingerprint density at radius 1 is 1.14 bits per heavy atom. The van der Waals surface area contributed by atoms with Gasteiger partial charge in [-0.25, -0.2) is 8.78 Å². The van der Waals surface area contributed by atoms with E-state index in [0.29, 0.717) is 34.5 Å². The molecule has 1 saturated heterocycles. The molecule has 218 valence electrons. The second-order valence-corrected chi connectivity index (χ2v) is 12.4. The molecular weight excluding hydrogens is 538 g/mol. The van der Waals surface area contributed by atoms with Crippen molar-refractivity contribution in [2.75, 3.05) is 17.7 Å². The lowest BCUT2D eigenvalue weighted by atomic mass is 9.62. The molecule has 0 radical (unpaired) electrons. The van der Waals surface area contributed by atoms with Crippen molar-refractivity contribution in [3.05, 3.63) is 88.0 Å². The zero-order chi connectivity index (χ0) is 30.6. The first-order chi connectivity index (χ1) is 19.8. The Morgan fingerprint density at radius 2 is 1.88 bits per heavy atom. The number of nitriles is 1. The average Bonchev–Trinajstić information content (AvgIpc) is 3.39. The van der Waals surface area contributed by atoms with Crippen LogP contribution in [0.15, 0.2) is 48.5 Å². The fraction of sp³-hybridized carbons (Fsp3) is 0.364. The second kappa shape index (κ2) is 10.5. The lowest BCUT2D eigenvalue weighted by Crippen LogP contribution is -2.50. The number of nitrogens with zero attached hydrogens (tertiary/aromatic N) is 1. The molecule has 0 saturated carbocycles. The number of aryl methyl sites for hydroxylation is 2. The SMILES string of the molecule is COc1cc(C#N)ccc1NC(=O)[C@@H]1NC(CC(C)(C)C)[C@@]2(C(=O)Nc3cc(C)cc(F)c32)C1c1cccc(C)c1F. The molecule has 3 N–H and O–H groups in total. The number of nitrogens with one attached hydrogen (secondary N) is 3. The summed E-state index contributed by atoms with van der Waals surface area (Å²) in [6.45, 7) is 9.35. The summed E-state index contributed by atoms with van der Waals surface area (Å²) in [5, 5.41) is 18.4. The number of carbonyl (C=O) groups is 2. The molecular formula is C33H34F2N4O3. The number of hydrogen-bond acceptors (Lipinski definition) is 5. The van der Waals surface area contributed by atoms with Crippen molar-refractivity contribution in [1.82, 2.24) is 5.32 Å². The van der Waals surface area contributed by atoms with Crippen LogP contribution in [-0.4, -0.2) is 31.0 Å². The molecule has 3 aromatic carbocycles. The quantitative estimate of drug-likeness (QED) is 0.356. The fourth-order valence-corrected chi connectivity index (χ4v) is 6.62.